The molecule has 8 N–H and O–H groups in total. The summed E-state index contributed by atoms with van der Waals surface area (Å²) in [5, 5.41) is 16.9. The van der Waals surface area contributed by atoms with Crippen molar-refractivity contribution in [2.45, 2.75) is 0 Å². The van der Waals surface area contributed by atoms with Crippen molar-refractivity contribution < 1.29 is 36.2 Å². The Morgan fingerprint density at radius 3 is 1.53 bits per heavy atom. The third kappa shape index (κ3) is 4.67. The Morgan fingerprint density at radius 1 is 0.933 bits per heavy atom. The Kier molecular flexibility index (Phi) is 9.20. The molecule has 1 heterocycles. The number of nitrogens with zero attached hydrogens (tertiary/aromatic N) is 1. The first-order chi connectivity index (χ1) is 5.61. The summed E-state index contributed by atoms with van der Waals surface area (Å²) in [7, 11) is 0. The number of aromatic nitrogens is 1. The van der Waals surface area contributed by atoms with Crippen LogP contribution in [0.2, 0.25) is 0 Å². The second-order valence-corrected chi connectivity index (χ2v) is 2.02. The summed E-state index contributed by atoms with van der Waals surface area (Å²) in [6.07, 6.45) is 0. The lowest BCUT2D eigenvalue weighted by molar-refractivity contribution is 0.0685. The van der Waals surface area contributed by atoms with Crippen LogP contribution in [0.15, 0.2) is 18.2 Å². The predicted octanol–water partition coefficient (Wildman–Crippen LogP) is -2.00. The maximum atomic E-state index is 10.3. The molecule has 0 unspecified atom stereocenters. The van der Waals surface area contributed by atoms with Crippen molar-refractivity contribution in [1.29, 1.82) is 0 Å². The fraction of sp³-hybridized carbons (Fsp3) is 0. The standard InChI is InChI=1S/C7H5NO4.3H2O/c9-6(10)4-2-1-3-5(8-4)7(11)12;;;/h1-3H,(H,9,10)(H,11,12);3*1H2. The maximum absolute atomic E-state index is 10.3. The van der Waals surface area contributed by atoms with Crippen LogP contribution in [0.4, 0.5) is 0 Å². The van der Waals surface area contributed by atoms with Crippen molar-refractivity contribution in [3.05, 3.63) is 29.6 Å². The number of hydrogen-bond donors (Lipinski definition) is 2. The smallest absolute Gasteiger partial charge is 0.354 e. The van der Waals surface area contributed by atoms with E-state index in [1.54, 1.807) is 0 Å². The van der Waals surface area contributed by atoms with Crippen molar-refractivity contribution in [2.75, 3.05) is 0 Å². The molecule has 86 valence electrons. The average Bonchev–Trinajstić information content (AvgIpc) is 2.04. The second-order valence-electron chi connectivity index (χ2n) is 2.02. The van der Waals surface area contributed by atoms with Gasteiger partial charge in [0.1, 0.15) is 11.4 Å². The van der Waals surface area contributed by atoms with E-state index in [9.17, 15) is 9.59 Å². The molecule has 0 aromatic carbocycles. The number of hydrogen-bond acceptors (Lipinski definition) is 3. The Morgan fingerprint density at radius 2 is 1.27 bits per heavy atom. The summed E-state index contributed by atoms with van der Waals surface area (Å²) in [6.45, 7) is 0. The maximum Gasteiger partial charge on any atom is 0.354 e. The van der Waals surface area contributed by atoms with Gasteiger partial charge in [0.25, 0.3) is 0 Å². The van der Waals surface area contributed by atoms with E-state index in [2.05, 4.69) is 4.98 Å². The van der Waals surface area contributed by atoms with Crippen molar-refractivity contribution in [1.82, 2.24) is 4.98 Å². The molecule has 8 heteroatoms. The zero-order chi connectivity index (χ0) is 9.14. The molecule has 15 heavy (non-hydrogen) atoms. The molecular weight excluding hydrogens is 210 g/mol. The Hall–Kier alpha value is -2.03. The van der Waals surface area contributed by atoms with E-state index in [4.69, 9.17) is 10.2 Å². The minimum absolute atomic E-state index is 0. The van der Waals surface area contributed by atoms with E-state index in [-0.39, 0.29) is 27.8 Å². The Balaban J connectivity index is -0.000000480. The van der Waals surface area contributed by atoms with Crippen molar-refractivity contribution >= 4 is 11.9 Å². The Bertz CT molecular complexity index is 309. The van der Waals surface area contributed by atoms with Crippen LogP contribution in [0.25, 0.3) is 0 Å². The van der Waals surface area contributed by atoms with Crippen LogP contribution in [0, 0.1) is 0 Å². The lowest BCUT2D eigenvalue weighted by atomic mass is 10.3. The van der Waals surface area contributed by atoms with Gasteiger partial charge in [-0.1, -0.05) is 6.07 Å². The van der Waals surface area contributed by atoms with Gasteiger partial charge >= 0.3 is 11.9 Å². The van der Waals surface area contributed by atoms with Crippen LogP contribution >= 0.6 is 0 Å². The third-order valence-electron chi connectivity index (χ3n) is 1.19. The van der Waals surface area contributed by atoms with E-state index >= 15 is 0 Å². The second kappa shape index (κ2) is 7.38. The highest BCUT2D eigenvalue weighted by molar-refractivity contribution is 5.89. The zero-order valence-electron chi connectivity index (χ0n) is 7.39. The molecule has 0 saturated carbocycles. The van der Waals surface area contributed by atoms with Crippen LogP contribution in [-0.4, -0.2) is 43.6 Å². The molecule has 0 saturated heterocycles. The number of aromatic carboxylic acids is 2. The SMILES string of the molecule is O.O.O.O=C(O)c1cccc(C(=O)O)n1. The van der Waals surface area contributed by atoms with Crippen molar-refractivity contribution in [3.63, 3.8) is 0 Å². The van der Waals surface area contributed by atoms with Crippen LogP contribution in [0.1, 0.15) is 21.0 Å². The molecule has 0 aliphatic rings. The number of carbonyl (C=O) groups is 2. The van der Waals surface area contributed by atoms with Crippen LogP contribution in [-0.2, 0) is 0 Å². The van der Waals surface area contributed by atoms with E-state index in [1.807, 2.05) is 0 Å². The van der Waals surface area contributed by atoms with Gasteiger partial charge in [0.15, 0.2) is 0 Å². The quantitative estimate of drug-likeness (QED) is 0.584. The average molecular weight is 221 g/mol. The number of carboxylic acids is 2. The molecule has 0 radical (unpaired) electrons. The molecule has 1 aromatic heterocycles. The molecule has 0 aliphatic heterocycles. The fourth-order valence-electron chi connectivity index (χ4n) is 0.673. The Labute approximate surface area is 83.7 Å². The lowest BCUT2D eigenvalue weighted by Crippen LogP contribution is -2.06. The third-order valence-corrected chi connectivity index (χ3v) is 1.19. The van der Waals surface area contributed by atoms with Crippen LogP contribution in [0.5, 0.6) is 0 Å². The topological polar surface area (TPSA) is 182 Å². The molecule has 0 aliphatic carbocycles. The highest BCUT2D eigenvalue weighted by Crippen LogP contribution is 1.98. The molecule has 1 rings (SSSR count). The first kappa shape index (κ1) is 18.7. The minimum atomic E-state index is -1.24. The summed E-state index contributed by atoms with van der Waals surface area (Å²) in [5.41, 5.74) is -0.537. The summed E-state index contributed by atoms with van der Waals surface area (Å²) >= 11 is 0. The molecule has 0 amide bonds. The van der Waals surface area contributed by atoms with Gasteiger partial charge in [0.05, 0.1) is 0 Å². The number of pyridine rings is 1. The van der Waals surface area contributed by atoms with Crippen molar-refractivity contribution in [3.8, 4) is 0 Å². The number of rotatable bonds is 2. The normalized spacial score (nSPS) is 7.47. The van der Waals surface area contributed by atoms with Gasteiger partial charge in [-0.2, -0.15) is 0 Å². The fourth-order valence-corrected chi connectivity index (χ4v) is 0.673. The van der Waals surface area contributed by atoms with Gasteiger partial charge in [-0.3, -0.25) is 0 Å². The molecule has 0 fully saturated rings. The largest absolute Gasteiger partial charge is 0.477 e. The van der Waals surface area contributed by atoms with Gasteiger partial charge in [-0.05, 0) is 12.1 Å². The highest BCUT2D eigenvalue weighted by Gasteiger charge is 2.08. The van der Waals surface area contributed by atoms with E-state index in [0.717, 1.165) is 0 Å². The summed E-state index contributed by atoms with van der Waals surface area (Å²) in [6, 6.07) is 3.80. The number of carboxylic acid groups (broad SMARTS) is 2. The molecular formula is C7H11NO7. The first-order valence-electron chi connectivity index (χ1n) is 3.05. The molecule has 0 bridgehead atoms. The molecule has 1 aromatic rings. The first-order valence-corrected chi connectivity index (χ1v) is 3.05. The summed E-state index contributed by atoms with van der Waals surface area (Å²) in [5.74, 6) is -2.48. The van der Waals surface area contributed by atoms with E-state index in [1.165, 1.54) is 18.2 Å². The van der Waals surface area contributed by atoms with Gasteiger partial charge in [0, 0.05) is 0 Å². The lowest BCUT2D eigenvalue weighted by Gasteiger charge is -1.94. The van der Waals surface area contributed by atoms with Gasteiger partial charge in [0.2, 0.25) is 0 Å². The summed E-state index contributed by atoms with van der Waals surface area (Å²) < 4.78 is 0. The molecule has 8 nitrogen and oxygen atoms in total. The van der Waals surface area contributed by atoms with Gasteiger partial charge < -0.3 is 26.6 Å². The van der Waals surface area contributed by atoms with Gasteiger partial charge in [-0.25, -0.2) is 14.6 Å². The van der Waals surface area contributed by atoms with E-state index < -0.39 is 11.9 Å². The van der Waals surface area contributed by atoms with Crippen LogP contribution < -0.4 is 0 Å². The minimum Gasteiger partial charge on any atom is -0.477 e. The van der Waals surface area contributed by atoms with Crippen LogP contribution in [0.3, 0.4) is 0 Å². The monoisotopic (exact) mass is 221 g/mol. The van der Waals surface area contributed by atoms with Crippen molar-refractivity contribution in [2.24, 2.45) is 0 Å². The van der Waals surface area contributed by atoms with Gasteiger partial charge in [-0.15, -0.1) is 0 Å². The summed E-state index contributed by atoms with van der Waals surface area (Å²) in [4.78, 5) is 24.0. The molecule has 0 spiro atoms. The highest BCUT2D eigenvalue weighted by atomic mass is 16.4. The van der Waals surface area contributed by atoms with E-state index in [0.29, 0.717) is 0 Å². The zero-order valence-corrected chi connectivity index (χ0v) is 7.39. The predicted molar refractivity (Wildman–Crippen MR) is 49.0 cm³/mol. The molecule has 0 atom stereocenters.